The SMILES string of the molecule is COc1cc(F)cc(C(C)NC(=O)N2CCc3cc(Br)c(F)cc32)c1. The Hall–Kier alpha value is -2.15. The van der Waals surface area contributed by atoms with Crippen LogP contribution >= 0.6 is 15.9 Å². The summed E-state index contributed by atoms with van der Waals surface area (Å²) in [6.45, 7) is 2.22. The second kappa shape index (κ2) is 7.00. The standard InChI is InChI=1S/C18H17BrF2N2O2/c1-10(12-5-13(20)8-14(6-12)25-2)22-18(24)23-4-3-11-7-15(19)16(21)9-17(11)23/h5-10H,3-4H2,1-2H3,(H,22,24). The zero-order valence-corrected chi connectivity index (χ0v) is 15.4. The van der Waals surface area contributed by atoms with E-state index in [1.807, 2.05) is 0 Å². The van der Waals surface area contributed by atoms with Crippen molar-refractivity contribution in [3.63, 3.8) is 0 Å². The maximum Gasteiger partial charge on any atom is 0.322 e. The Labute approximate surface area is 152 Å². The molecule has 0 spiro atoms. The minimum absolute atomic E-state index is 0.351. The minimum Gasteiger partial charge on any atom is -0.497 e. The molecule has 2 amide bonds. The molecule has 7 heteroatoms. The molecular weight excluding hydrogens is 394 g/mol. The molecule has 1 heterocycles. The van der Waals surface area contributed by atoms with Crippen LogP contribution in [-0.2, 0) is 6.42 Å². The molecule has 1 N–H and O–H groups in total. The van der Waals surface area contributed by atoms with Crippen molar-refractivity contribution >= 4 is 27.6 Å². The van der Waals surface area contributed by atoms with Gasteiger partial charge in [0.1, 0.15) is 17.4 Å². The molecule has 1 unspecified atom stereocenters. The molecule has 132 valence electrons. The van der Waals surface area contributed by atoms with Crippen LogP contribution in [0.5, 0.6) is 5.75 Å². The van der Waals surface area contributed by atoms with Gasteiger partial charge >= 0.3 is 6.03 Å². The molecule has 0 saturated heterocycles. The van der Waals surface area contributed by atoms with Crippen LogP contribution in [-0.4, -0.2) is 19.7 Å². The Balaban J connectivity index is 1.78. The van der Waals surface area contributed by atoms with Gasteiger partial charge in [0.15, 0.2) is 0 Å². The molecule has 25 heavy (non-hydrogen) atoms. The van der Waals surface area contributed by atoms with E-state index in [-0.39, 0.29) is 6.03 Å². The summed E-state index contributed by atoms with van der Waals surface area (Å²) in [7, 11) is 1.45. The number of urea groups is 1. The first-order valence-corrected chi connectivity index (χ1v) is 8.58. The van der Waals surface area contributed by atoms with Crippen LogP contribution in [0.25, 0.3) is 0 Å². The topological polar surface area (TPSA) is 41.6 Å². The van der Waals surface area contributed by atoms with E-state index in [2.05, 4.69) is 21.2 Å². The van der Waals surface area contributed by atoms with Crippen molar-refractivity contribution in [3.05, 3.63) is 57.6 Å². The zero-order chi connectivity index (χ0) is 18.1. The predicted octanol–water partition coefficient (Wildman–Crippen LogP) is 4.57. The number of anilines is 1. The molecule has 1 aliphatic heterocycles. The monoisotopic (exact) mass is 410 g/mol. The van der Waals surface area contributed by atoms with Crippen LogP contribution in [0.1, 0.15) is 24.1 Å². The molecule has 2 aromatic rings. The number of nitrogens with one attached hydrogen (secondary N) is 1. The largest absolute Gasteiger partial charge is 0.497 e. The number of amides is 2. The summed E-state index contributed by atoms with van der Waals surface area (Å²) in [6, 6.07) is 6.55. The van der Waals surface area contributed by atoms with Gasteiger partial charge in [-0.25, -0.2) is 13.6 Å². The summed E-state index contributed by atoms with van der Waals surface area (Å²) in [4.78, 5) is 14.1. The Morgan fingerprint density at radius 2 is 2.04 bits per heavy atom. The van der Waals surface area contributed by atoms with E-state index < -0.39 is 17.7 Å². The van der Waals surface area contributed by atoms with Crippen molar-refractivity contribution in [2.75, 3.05) is 18.6 Å². The first-order chi connectivity index (χ1) is 11.9. The Kier molecular flexibility index (Phi) is 4.94. The molecule has 4 nitrogen and oxygen atoms in total. The van der Waals surface area contributed by atoms with Gasteiger partial charge in [-0.2, -0.15) is 0 Å². The van der Waals surface area contributed by atoms with Gasteiger partial charge < -0.3 is 10.1 Å². The highest BCUT2D eigenvalue weighted by atomic mass is 79.9. The molecule has 0 saturated carbocycles. The average molecular weight is 411 g/mol. The number of ether oxygens (including phenoxy) is 1. The lowest BCUT2D eigenvalue weighted by Gasteiger charge is -2.22. The molecule has 3 rings (SSSR count). The fourth-order valence-electron chi connectivity index (χ4n) is 2.89. The molecule has 0 radical (unpaired) electrons. The zero-order valence-electron chi connectivity index (χ0n) is 13.8. The van der Waals surface area contributed by atoms with Gasteiger partial charge in [-0.15, -0.1) is 0 Å². The Morgan fingerprint density at radius 3 is 2.76 bits per heavy atom. The second-order valence-electron chi connectivity index (χ2n) is 5.89. The highest BCUT2D eigenvalue weighted by Crippen LogP contribution is 2.33. The normalized spacial score (nSPS) is 14.2. The second-order valence-corrected chi connectivity index (χ2v) is 6.75. The number of hydrogen-bond acceptors (Lipinski definition) is 2. The van der Waals surface area contributed by atoms with Gasteiger partial charge in [0, 0.05) is 12.6 Å². The summed E-state index contributed by atoms with van der Waals surface area (Å²) in [6.07, 6.45) is 0.657. The highest BCUT2D eigenvalue weighted by molar-refractivity contribution is 9.10. The summed E-state index contributed by atoms with van der Waals surface area (Å²) >= 11 is 3.16. The van der Waals surface area contributed by atoms with Gasteiger partial charge in [-0.05, 0) is 64.7 Å². The molecule has 1 aliphatic rings. The van der Waals surface area contributed by atoms with Crippen molar-refractivity contribution < 1.29 is 18.3 Å². The third-order valence-electron chi connectivity index (χ3n) is 4.23. The van der Waals surface area contributed by atoms with Crippen LogP contribution in [0.4, 0.5) is 19.3 Å². The van der Waals surface area contributed by atoms with Crippen LogP contribution in [0.15, 0.2) is 34.8 Å². The van der Waals surface area contributed by atoms with E-state index in [0.717, 1.165) is 5.56 Å². The first-order valence-electron chi connectivity index (χ1n) is 7.79. The Morgan fingerprint density at radius 1 is 1.28 bits per heavy atom. The number of hydrogen-bond donors (Lipinski definition) is 1. The summed E-state index contributed by atoms with van der Waals surface area (Å²) in [5.41, 5.74) is 2.05. The number of benzene rings is 2. The van der Waals surface area contributed by atoms with Crippen molar-refractivity contribution in [2.45, 2.75) is 19.4 Å². The number of fused-ring (bicyclic) bond motifs is 1. The number of nitrogens with zero attached hydrogens (tertiary/aromatic N) is 1. The van der Waals surface area contributed by atoms with E-state index in [9.17, 15) is 13.6 Å². The minimum atomic E-state index is -0.436. The van der Waals surface area contributed by atoms with Crippen molar-refractivity contribution in [2.24, 2.45) is 0 Å². The number of carbonyl (C=O) groups is 1. The average Bonchev–Trinajstić information content (AvgIpc) is 2.97. The third-order valence-corrected chi connectivity index (χ3v) is 4.84. The smallest absolute Gasteiger partial charge is 0.322 e. The predicted molar refractivity (Wildman–Crippen MR) is 95.0 cm³/mol. The molecular formula is C18H17BrF2N2O2. The van der Waals surface area contributed by atoms with E-state index in [0.29, 0.717) is 34.4 Å². The summed E-state index contributed by atoms with van der Waals surface area (Å²) in [5.74, 6) is -0.468. The molecule has 2 aromatic carbocycles. The fraction of sp³-hybridized carbons (Fsp3) is 0.278. The lowest BCUT2D eigenvalue weighted by atomic mass is 10.1. The number of halogens is 3. The summed E-state index contributed by atoms with van der Waals surface area (Å²) in [5, 5.41) is 2.82. The Bertz CT molecular complexity index is 829. The van der Waals surface area contributed by atoms with E-state index in [4.69, 9.17) is 4.74 Å². The molecule has 0 aliphatic carbocycles. The highest BCUT2D eigenvalue weighted by Gasteiger charge is 2.27. The third kappa shape index (κ3) is 3.61. The van der Waals surface area contributed by atoms with Gasteiger partial charge in [0.2, 0.25) is 0 Å². The lowest BCUT2D eigenvalue weighted by Crippen LogP contribution is -2.40. The van der Waals surface area contributed by atoms with Crippen LogP contribution < -0.4 is 15.0 Å². The lowest BCUT2D eigenvalue weighted by molar-refractivity contribution is 0.244. The first kappa shape index (κ1) is 17.7. The van der Waals surface area contributed by atoms with Crippen molar-refractivity contribution in [1.82, 2.24) is 5.32 Å². The summed E-state index contributed by atoms with van der Waals surface area (Å²) < 4.78 is 32.9. The molecule has 1 atom stereocenters. The van der Waals surface area contributed by atoms with Crippen LogP contribution in [0, 0.1) is 11.6 Å². The van der Waals surface area contributed by atoms with E-state index in [1.165, 1.54) is 30.2 Å². The maximum absolute atomic E-state index is 13.8. The van der Waals surface area contributed by atoms with Gasteiger partial charge in [0.05, 0.1) is 23.3 Å². The maximum atomic E-state index is 13.8. The van der Waals surface area contributed by atoms with Gasteiger partial charge in [-0.3, -0.25) is 4.90 Å². The number of methoxy groups -OCH3 is 1. The van der Waals surface area contributed by atoms with Crippen LogP contribution in [0.2, 0.25) is 0 Å². The fourth-order valence-corrected chi connectivity index (χ4v) is 3.28. The van der Waals surface area contributed by atoms with E-state index in [1.54, 1.807) is 19.1 Å². The van der Waals surface area contributed by atoms with Gasteiger partial charge in [0.25, 0.3) is 0 Å². The van der Waals surface area contributed by atoms with E-state index >= 15 is 0 Å². The van der Waals surface area contributed by atoms with Crippen molar-refractivity contribution in [3.8, 4) is 5.75 Å². The van der Waals surface area contributed by atoms with Crippen LogP contribution in [0.3, 0.4) is 0 Å². The molecule has 0 fully saturated rings. The molecule has 0 aromatic heterocycles. The quantitative estimate of drug-likeness (QED) is 0.804. The molecule has 0 bridgehead atoms. The number of rotatable bonds is 3. The van der Waals surface area contributed by atoms with Gasteiger partial charge in [-0.1, -0.05) is 0 Å². The van der Waals surface area contributed by atoms with Crippen molar-refractivity contribution in [1.29, 1.82) is 0 Å². The number of carbonyl (C=O) groups excluding carboxylic acids is 1.